The molecule has 0 saturated carbocycles. The van der Waals surface area contributed by atoms with E-state index in [2.05, 4.69) is 192 Å². The van der Waals surface area contributed by atoms with Crippen molar-refractivity contribution in [1.82, 2.24) is 4.57 Å². The van der Waals surface area contributed by atoms with Crippen LogP contribution in [0.1, 0.15) is 12.8 Å². The molecule has 10 rings (SSSR count). The monoisotopic (exact) mass is 656 g/mol. The molecule has 2 atom stereocenters. The molecule has 244 valence electrons. The molecule has 7 aromatic rings. The van der Waals surface area contributed by atoms with Crippen molar-refractivity contribution in [2.24, 2.45) is 5.92 Å². The lowest BCUT2D eigenvalue weighted by molar-refractivity contribution is 0.158. The lowest BCUT2D eigenvalue weighted by Gasteiger charge is -2.27. The molecule has 1 aromatic heterocycles. The van der Waals surface area contributed by atoms with Crippen molar-refractivity contribution in [3.63, 3.8) is 0 Å². The minimum atomic E-state index is 0.0889. The number of hydrogen-bond acceptors (Lipinski definition) is 2. The number of ether oxygens (including phenoxy) is 1. The first kappa shape index (κ1) is 29.6. The van der Waals surface area contributed by atoms with Crippen LogP contribution in [0.25, 0.3) is 49.8 Å². The van der Waals surface area contributed by atoms with E-state index in [0.717, 1.165) is 29.9 Å². The van der Waals surface area contributed by atoms with Gasteiger partial charge in [-0.1, -0.05) is 109 Å². The molecule has 0 spiro atoms. The minimum absolute atomic E-state index is 0.0889. The van der Waals surface area contributed by atoms with Gasteiger partial charge >= 0.3 is 0 Å². The second kappa shape index (κ2) is 12.2. The summed E-state index contributed by atoms with van der Waals surface area (Å²) in [5.41, 5.74) is 13.1. The highest BCUT2D eigenvalue weighted by atomic mass is 16.5. The van der Waals surface area contributed by atoms with Gasteiger partial charge in [-0.15, -0.1) is 0 Å². The SMILES string of the molecule is C1=CC2=C(CC1)O[C@H]1C=CC(n3c4ccccc4c4cc(-c5cccc(-c6ccccc6N(c6ccccc6)c6ccccc6)c5)ccc43)=C[C@@H]21. The molecular formula is C48H36N2O. The van der Waals surface area contributed by atoms with E-state index in [1.165, 1.54) is 61.1 Å². The number of allylic oxidation sites excluding steroid dienone is 5. The predicted molar refractivity (Wildman–Crippen MR) is 212 cm³/mol. The molecule has 0 radical (unpaired) electrons. The summed E-state index contributed by atoms with van der Waals surface area (Å²) in [6, 6.07) is 54.7. The van der Waals surface area contributed by atoms with Crippen LogP contribution in [0.2, 0.25) is 0 Å². The number of benzene rings is 6. The average molecular weight is 657 g/mol. The topological polar surface area (TPSA) is 17.4 Å². The molecule has 0 amide bonds. The molecule has 0 fully saturated rings. The van der Waals surface area contributed by atoms with Gasteiger partial charge in [-0.2, -0.15) is 0 Å². The first-order valence-electron chi connectivity index (χ1n) is 17.9. The van der Waals surface area contributed by atoms with Crippen LogP contribution in [-0.2, 0) is 4.74 Å². The zero-order chi connectivity index (χ0) is 33.7. The maximum atomic E-state index is 6.37. The van der Waals surface area contributed by atoms with E-state index in [-0.39, 0.29) is 12.0 Å². The third-order valence-corrected chi connectivity index (χ3v) is 10.6. The second-order valence-electron chi connectivity index (χ2n) is 13.6. The van der Waals surface area contributed by atoms with E-state index in [0.29, 0.717) is 0 Å². The first-order chi connectivity index (χ1) is 25.3. The van der Waals surface area contributed by atoms with Crippen molar-refractivity contribution in [2.75, 3.05) is 4.90 Å². The van der Waals surface area contributed by atoms with Crippen molar-refractivity contribution >= 4 is 44.6 Å². The standard InChI is InChI=1S/C48H36N2O/c1-3-16-36(17-4-1)49(37-18-5-2-6-19-37)44-23-10-7-20-39(44)35-15-13-14-33(30-35)34-26-28-46-42(31-34)40-21-8-11-24-45(40)50(46)38-27-29-48-43(32-38)41-22-9-12-25-47(41)51-48/h1-11,13-24,26-32,43,48H,12,25H2/t43-,48-/m0/s1. The molecule has 0 unspecified atom stereocenters. The van der Waals surface area contributed by atoms with E-state index < -0.39 is 0 Å². The fraction of sp³-hybridized carbons (Fsp3) is 0.0833. The number of para-hydroxylation sites is 4. The normalized spacial score (nSPS) is 17.7. The van der Waals surface area contributed by atoms with Crippen LogP contribution in [0, 0.1) is 5.92 Å². The van der Waals surface area contributed by atoms with Crippen LogP contribution in [0.3, 0.4) is 0 Å². The van der Waals surface area contributed by atoms with Crippen LogP contribution < -0.4 is 4.90 Å². The van der Waals surface area contributed by atoms with Crippen molar-refractivity contribution in [1.29, 1.82) is 0 Å². The van der Waals surface area contributed by atoms with Crippen LogP contribution in [-0.4, -0.2) is 10.7 Å². The summed E-state index contributed by atoms with van der Waals surface area (Å²) in [4.78, 5) is 2.35. The van der Waals surface area contributed by atoms with Crippen molar-refractivity contribution in [3.8, 4) is 22.3 Å². The van der Waals surface area contributed by atoms with Crippen LogP contribution in [0.4, 0.5) is 17.1 Å². The average Bonchev–Trinajstić information content (AvgIpc) is 3.74. The Morgan fingerprint density at radius 1 is 0.588 bits per heavy atom. The van der Waals surface area contributed by atoms with Gasteiger partial charge in [0, 0.05) is 51.3 Å². The third-order valence-electron chi connectivity index (χ3n) is 10.6. The Hall–Kier alpha value is -6.32. The van der Waals surface area contributed by atoms with Gasteiger partial charge in [0.05, 0.1) is 16.7 Å². The van der Waals surface area contributed by atoms with Gasteiger partial charge in [0.25, 0.3) is 0 Å². The zero-order valence-corrected chi connectivity index (χ0v) is 28.2. The Labute approximate surface area is 298 Å². The largest absolute Gasteiger partial charge is 0.489 e. The molecule has 6 aromatic carbocycles. The number of aromatic nitrogens is 1. The Morgan fingerprint density at radius 3 is 2.14 bits per heavy atom. The van der Waals surface area contributed by atoms with Gasteiger partial charge in [0.2, 0.25) is 0 Å². The molecule has 2 heterocycles. The fourth-order valence-electron chi connectivity index (χ4n) is 8.22. The number of fused-ring (bicyclic) bond motifs is 5. The first-order valence-corrected chi connectivity index (χ1v) is 17.9. The van der Waals surface area contributed by atoms with Gasteiger partial charge in [-0.05, 0) is 95.9 Å². The van der Waals surface area contributed by atoms with Crippen molar-refractivity contribution in [2.45, 2.75) is 18.9 Å². The van der Waals surface area contributed by atoms with Gasteiger partial charge in [0.1, 0.15) is 11.9 Å². The molecule has 0 saturated heterocycles. The molecular weight excluding hydrogens is 621 g/mol. The van der Waals surface area contributed by atoms with E-state index >= 15 is 0 Å². The van der Waals surface area contributed by atoms with Gasteiger partial charge in [0.15, 0.2) is 0 Å². The highest BCUT2D eigenvalue weighted by Crippen LogP contribution is 2.44. The smallest absolute Gasteiger partial charge is 0.127 e. The highest BCUT2D eigenvalue weighted by molar-refractivity contribution is 6.11. The van der Waals surface area contributed by atoms with Crippen molar-refractivity contribution in [3.05, 3.63) is 193 Å². The maximum absolute atomic E-state index is 6.37. The van der Waals surface area contributed by atoms with Gasteiger partial charge < -0.3 is 14.2 Å². The fourth-order valence-corrected chi connectivity index (χ4v) is 8.22. The minimum Gasteiger partial charge on any atom is -0.489 e. The molecule has 2 aliphatic carbocycles. The van der Waals surface area contributed by atoms with E-state index in [4.69, 9.17) is 4.74 Å². The number of hydrogen-bond donors (Lipinski definition) is 0. The molecule has 0 bridgehead atoms. The summed E-state index contributed by atoms with van der Waals surface area (Å²) < 4.78 is 8.80. The highest BCUT2D eigenvalue weighted by Gasteiger charge is 2.35. The maximum Gasteiger partial charge on any atom is 0.127 e. The molecule has 0 N–H and O–H groups in total. The van der Waals surface area contributed by atoms with Crippen LogP contribution >= 0.6 is 0 Å². The Morgan fingerprint density at radius 2 is 1.29 bits per heavy atom. The summed E-state index contributed by atoms with van der Waals surface area (Å²) in [5.74, 6) is 1.41. The lowest BCUT2D eigenvalue weighted by atomic mass is 9.88. The number of nitrogens with zero attached hydrogens (tertiary/aromatic N) is 2. The third kappa shape index (κ3) is 5.04. The zero-order valence-electron chi connectivity index (χ0n) is 28.2. The number of anilines is 3. The Kier molecular flexibility index (Phi) is 7.09. The summed E-state index contributed by atoms with van der Waals surface area (Å²) in [6.45, 7) is 0. The number of rotatable bonds is 6. The van der Waals surface area contributed by atoms with Gasteiger partial charge in [-0.25, -0.2) is 0 Å². The molecule has 3 heteroatoms. The van der Waals surface area contributed by atoms with E-state index in [9.17, 15) is 0 Å². The van der Waals surface area contributed by atoms with Gasteiger partial charge in [-0.3, -0.25) is 0 Å². The lowest BCUT2D eigenvalue weighted by Crippen LogP contribution is -2.18. The molecule has 1 aliphatic heterocycles. The summed E-state index contributed by atoms with van der Waals surface area (Å²) in [5, 5.41) is 2.51. The summed E-state index contributed by atoms with van der Waals surface area (Å²) in [6.07, 6.45) is 13.6. The molecule has 3 nitrogen and oxygen atoms in total. The quantitative estimate of drug-likeness (QED) is 0.177. The Balaban J connectivity index is 1.07. The summed E-state index contributed by atoms with van der Waals surface area (Å²) >= 11 is 0. The summed E-state index contributed by atoms with van der Waals surface area (Å²) in [7, 11) is 0. The van der Waals surface area contributed by atoms with E-state index in [1.807, 2.05) is 0 Å². The second-order valence-corrected chi connectivity index (χ2v) is 13.6. The molecule has 51 heavy (non-hydrogen) atoms. The van der Waals surface area contributed by atoms with Crippen molar-refractivity contribution < 1.29 is 4.74 Å². The van der Waals surface area contributed by atoms with E-state index in [1.54, 1.807) is 0 Å². The van der Waals surface area contributed by atoms with Crippen LogP contribution in [0.5, 0.6) is 0 Å². The molecule has 3 aliphatic rings. The van der Waals surface area contributed by atoms with Crippen LogP contribution in [0.15, 0.2) is 193 Å². The Bertz CT molecular complexity index is 2530. The predicted octanol–water partition coefficient (Wildman–Crippen LogP) is 12.6.